The number of piperazine rings is 1. The second kappa shape index (κ2) is 9.98. The van der Waals surface area contributed by atoms with Crippen LogP contribution in [0.3, 0.4) is 0 Å². The van der Waals surface area contributed by atoms with Crippen molar-refractivity contribution < 1.29 is 23.9 Å². The summed E-state index contributed by atoms with van der Waals surface area (Å²) in [6.45, 7) is 4.36. The standard InChI is InChI=1S/C23H28N2O4/c1-27-20-8-4-18(5-9-20)17-24-12-14-25(15-13-24)23(26)11-7-19-6-10-21(28-2)16-22(19)29-3/h4-11,16H,12-15,17H2,1-3H3/p+1/b11-7+. The molecule has 3 rings (SSSR count). The smallest absolute Gasteiger partial charge is 0.246 e. The minimum Gasteiger partial charge on any atom is -0.497 e. The molecule has 0 aromatic heterocycles. The Morgan fingerprint density at radius 2 is 1.62 bits per heavy atom. The maximum absolute atomic E-state index is 12.6. The Balaban J connectivity index is 1.52. The molecule has 6 nitrogen and oxygen atoms in total. The highest BCUT2D eigenvalue weighted by Gasteiger charge is 2.22. The largest absolute Gasteiger partial charge is 0.497 e. The highest BCUT2D eigenvalue weighted by molar-refractivity contribution is 5.92. The molecular formula is C23H29N2O4+. The van der Waals surface area contributed by atoms with Gasteiger partial charge in [-0.05, 0) is 42.5 Å². The fraction of sp³-hybridized carbons (Fsp3) is 0.348. The van der Waals surface area contributed by atoms with Gasteiger partial charge in [-0.15, -0.1) is 0 Å². The van der Waals surface area contributed by atoms with E-state index in [1.165, 1.54) is 10.5 Å². The molecule has 1 saturated heterocycles. The van der Waals surface area contributed by atoms with Crippen molar-refractivity contribution in [2.75, 3.05) is 47.5 Å². The van der Waals surface area contributed by atoms with Gasteiger partial charge < -0.3 is 24.0 Å². The number of benzene rings is 2. The van der Waals surface area contributed by atoms with E-state index in [-0.39, 0.29) is 5.91 Å². The molecular weight excluding hydrogens is 368 g/mol. The Morgan fingerprint density at radius 3 is 2.24 bits per heavy atom. The summed E-state index contributed by atoms with van der Waals surface area (Å²) < 4.78 is 15.8. The summed E-state index contributed by atoms with van der Waals surface area (Å²) in [4.78, 5) is 16.0. The first-order valence-electron chi connectivity index (χ1n) is 9.78. The normalized spacial score (nSPS) is 14.8. The number of methoxy groups -OCH3 is 3. The number of nitrogens with zero attached hydrogens (tertiary/aromatic N) is 1. The fourth-order valence-corrected chi connectivity index (χ4v) is 3.47. The van der Waals surface area contributed by atoms with Crippen molar-refractivity contribution in [1.82, 2.24) is 4.90 Å². The maximum atomic E-state index is 12.6. The fourth-order valence-electron chi connectivity index (χ4n) is 3.47. The molecule has 0 aliphatic carbocycles. The van der Waals surface area contributed by atoms with Crippen LogP contribution >= 0.6 is 0 Å². The van der Waals surface area contributed by atoms with Gasteiger partial charge in [0.15, 0.2) is 0 Å². The molecule has 1 fully saturated rings. The van der Waals surface area contributed by atoms with E-state index in [9.17, 15) is 4.79 Å². The van der Waals surface area contributed by atoms with Crippen LogP contribution < -0.4 is 19.1 Å². The summed E-state index contributed by atoms with van der Waals surface area (Å²) in [6.07, 6.45) is 3.43. The topological polar surface area (TPSA) is 52.4 Å². The van der Waals surface area contributed by atoms with Crippen molar-refractivity contribution >= 4 is 12.0 Å². The van der Waals surface area contributed by atoms with Gasteiger partial charge in [0, 0.05) is 23.3 Å². The predicted molar refractivity (Wildman–Crippen MR) is 113 cm³/mol. The van der Waals surface area contributed by atoms with E-state index in [1.54, 1.807) is 33.5 Å². The van der Waals surface area contributed by atoms with Crippen LogP contribution in [0.1, 0.15) is 11.1 Å². The minimum atomic E-state index is 0.0337. The highest BCUT2D eigenvalue weighted by Crippen LogP contribution is 2.25. The van der Waals surface area contributed by atoms with Gasteiger partial charge in [-0.2, -0.15) is 0 Å². The average molecular weight is 397 g/mol. The van der Waals surface area contributed by atoms with Crippen molar-refractivity contribution in [2.24, 2.45) is 0 Å². The van der Waals surface area contributed by atoms with Crippen LogP contribution in [0.2, 0.25) is 0 Å². The molecule has 1 aliphatic rings. The van der Waals surface area contributed by atoms with Crippen molar-refractivity contribution in [1.29, 1.82) is 0 Å². The SMILES string of the molecule is COc1ccc(C[NH+]2CCN(C(=O)/C=C/c3ccc(OC)cc3OC)CC2)cc1. The van der Waals surface area contributed by atoms with Crippen LogP contribution in [-0.4, -0.2) is 58.3 Å². The monoisotopic (exact) mass is 397 g/mol. The van der Waals surface area contributed by atoms with Crippen LogP contribution in [0, 0.1) is 0 Å². The zero-order valence-electron chi connectivity index (χ0n) is 17.3. The van der Waals surface area contributed by atoms with Crippen LogP contribution in [0.15, 0.2) is 48.5 Å². The van der Waals surface area contributed by atoms with E-state index >= 15 is 0 Å². The van der Waals surface area contributed by atoms with Crippen molar-refractivity contribution in [3.8, 4) is 17.2 Å². The predicted octanol–water partition coefficient (Wildman–Crippen LogP) is 1.65. The molecule has 2 aromatic rings. The number of ether oxygens (including phenoxy) is 3. The van der Waals surface area contributed by atoms with Gasteiger partial charge >= 0.3 is 0 Å². The average Bonchev–Trinajstić information content (AvgIpc) is 2.78. The lowest BCUT2D eigenvalue weighted by Gasteiger charge is -2.31. The third-order valence-corrected chi connectivity index (χ3v) is 5.24. The molecule has 6 heteroatoms. The van der Waals surface area contributed by atoms with Gasteiger partial charge in [-0.3, -0.25) is 4.79 Å². The summed E-state index contributed by atoms with van der Waals surface area (Å²) in [6, 6.07) is 13.8. The first kappa shape index (κ1) is 20.7. The Hall–Kier alpha value is -2.99. The molecule has 0 saturated carbocycles. The third-order valence-electron chi connectivity index (χ3n) is 5.24. The Morgan fingerprint density at radius 1 is 0.966 bits per heavy atom. The van der Waals surface area contributed by atoms with Gasteiger partial charge in [0.1, 0.15) is 23.8 Å². The van der Waals surface area contributed by atoms with E-state index in [2.05, 4.69) is 12.1 Å². The van der Waals surface area contributed by atoms with Crippen LogP contribution in [0.4, 0.5) is 0 Å². The molecule has 0 spiro atoms. The van der Waals surface area contributed by atoms with Crippen molar-refractivity contribution in [2.45, 2.75) is 6.54 Å². The molecule has 2 aromatic carbocycles. The van der Waals surface area contributed by atoms with Gasteiger partial charge in [0.05, 0.1) is 47.5 Å². The molecule has 0 radical (unpaired) electrons. The van der Waals surface area contributed by atoms with Crippen molar-refractivity contribution in [3.05, 3.63) is 59.7 Å². The zero-order chi connectivity index (χ0) is 20.6. The highest BCUT2D eigenvalue weighted by atomic mass is 16.5. The second-order valence-corrected chi connectivity index (χ2v) is 7.04. The quantitative estimate of drug-likeness (QED) is 0.722. The van der Waals surface area contributed by atoms with E-state index < -0.39 is 0 Å². The summed E-state index contributed by atoms with van der Waals surface area (Å²) in [5.74, 6) is 2.31. The molecule has 1 amide bonds. The molecule has 0 atom stereocenters. The zero-order valence-corrected chi connectivity index (χ0v) is 17.3. The van der Waals surface area contributed by atoms with E-state index in [1.807, 2.05) is 35.2 Å². The first-order chi connectivity index (χ1) is 14.1. The third kappa shape index (κ3) is 5.51. The van der Waals surface area contributed by atoms with Crippen molar-refractivity contribution in [3.63, 3.8) is 0 Å². The lowest BCUT2D eigenvalue weighted by Crippen LogP contribution is -3.13. The summed E-state index contributed by atoms with van der Waals surface area (Å²) >= 11 is 0. The van der Waals surface area contributed by atoms with E-state index in [4.69, 9.17) is 14.2 Å². The number of rotatable bonds is 7. The van der Waals surface area contributed by atoms with Gasteiger partial charge in [-0.25, -0.2) is 0 Å². The number of nitrogens with one attached hydrogen (secondary N) is 1. The molecule has 1 N–H and O–H groups in total. The van der Waals surface area contributed by atoms with E-state index in [0.29, 0.717) is 5.75 Å². The molecule has 1 heterocycles. The molecule has 29 heavy (non-hydrogen) atoms. The number of quaternary nitrogens is 1. The molecule has 0 unspecified atom stereocenters. The number of amides is 1. The van der Waals surface area contributed by atoms with Gasteiger partial charge in [0.25, 0.3) is 0 Å². The lowest BCUT2D eigenvalue weighted by atomic mass is 10.1. The van der Waals surface area contributed by atoms with Crippen LogP contribution in [0.5, 0.6) is 17.2 Å². The maximum Gasteiger partial charge on any atom is 0.246 e. The van der Waals surface area contributed by atoms with Gasteiger partial charge in [-0.1, -0.05) is 0 Å². The lowest BCUT2D eigenvalue weighted by molar-refractivity contribution is -0.917. The number of hydrogen-bond acceptors (Lipinski definition) is 4. The minimum absolute atomic E-state index is 0.0337. The number of hydrogen-bond donors (Lipinski definition) is 1. The Kier molecular flexibility index (Phi) is 7.14. The molecule has 0 bridgehead atoms. The summed E-state index contributed by atoms with van der Waals surface area (Å²) in [5.41, 5.74) is 2.14. The molecule has 154 valence electrons. The van der Waals surface area contributed by atoms with Crippen LogP contribution in [0.25, 0.3) is 6.08 Å². The number of carbonyl (C=O) groups excluding carboxylic acids is 1. The Bertz CT molecular complexity index is 840. The number of carbonyl (C=O) groups is 1. The van der Waals surface area contributed by atoms with E-state index in [0.717, 1.165) is 49.8 Å². The molecule has 1 aliphatic heterocycles. The van der Waals surface area contributed by atoms with Gasteiger partial charge in [0.2, 0.25) is 5.91 Å². The van der Waals surface area contributed by atoms with Crippen LogP contribution in [-0.2, 0) is 11.3 Å². The summed E-state index contributed by atoms with van der Waals surface area (Å²) in [7, 11) is 4.90. The first-order valence-corrected chi connectivity index (χ1v) is 9.78. The second-order valence-electron chi connectivity index (χ2n) is 7.04. The Labute approximate surface area is 172 Å². The summed E-state index contributed by atoms with van der Waals surface area (Å²) in [5, 5.41) is 0.